The molecule has 23 heteroatoms. The molecule has 0 aromatic carbocycles. The molecule has 550 valence electrons. The molecule has 8 unspecified atom stereocenters. The van der Waals surface area contributed by atoms with E-state index in [2.05, 4.69) is 48.9 Å². The van der Waals surface area contributed by atoms with E-state index in [0.29, 0.717) is 26.4 Å². The van der Waals surface area contributed by atoms with E-state index in [0.717, 1.165) is 77.2 Å². The minimum Gasteiger partial charge on any atom is -0.395 e. The number of hydrogen-bond donors (Lipinski definition) is 11. The minimum absolute atomic E-state index is 0.0112. The molecule has 0 aromatic rings. The Hall–Kier alpha value is -5.26. The largest absolute Gasteiger partial charge is 0.395 e. The number of ether oxygens (including phenoxy) is 2. The number of nitrogens with two attached hydrogens (primary N) is 2. The first kappa shape index (κ1) is 106. The fourth-order valence-corrected chi connectivity index (χ4v) is 5.25. The predicted molar refractivity (Wildman–Crippen MR) is 376 cm³/mol. The number of aliphatic hydroxyl groups excluding tert-OH is 2. The highest BCUT2D eigenvalue weighted by molar-refractivity contribution is 5.82. The van der Waals surface area contributed by atoms with Gasteiger partial charge in [-0.3, -0.25) is 47.9 Å². The molecular weight excluding hydrogens is 1180 g/mol. The molecule has 0 aliphatic carbocycles. The van der Waals surface area contributed by atoms with Gasteiger partial charge in [0.2, 0.25) is 53.2 Å². The first-order valence-corrected chi connectivity index (χ1v) is 33.7. The van der Waals surface area contributed by atoms with Crippen molar-refractivity contribution in [1.29, 1.82) is 0 Å². The summed E-state index contributed by atoms with van der Waals surface area (Å²) in [5, 5.41) is 35.5. The van der Waals surface area contributed by atoms with Gasteiger partial charge in [0.05, 0.1) is 6.61 Å². The van der Waals surface area contributed by atoms with Crippen molar-refractivity contribution < 1.29 is 67.6 Å². The summed E-state index contributed by atoms with van der Waals surface area (Å²) < 4.78 is 9.88. The molecule has 0 bridgehead atoms. The fraction of sp³-hybridized carbons (Fsp3) is 0.855. The van der Waals surface area contributed by atoms with E-state index in [1.165, 1.54) is 6.92 Å². The second kappa shape index (κ2) is 65.8. The third-order valence-corrected chi connectivity index (χ3v) is 14.2. The minimum atomic E-state index is -0.424. The summed E-state index contributed by atoms with van der Waals surface area (Å²) in [6, 6.07) is 0.265. The van der Waals surface area contributed by atoms with Crippen molar-refractivity contribution in [2.45, 2.75) is 288 Å². The van der Waals surface area contributed by atoms with Crippen LogP contribution >= 0.6 is 0 Å². The quantitative estimate of drug-likeness (QED) is 0.0221. The standard InChI is InChI=1S/C11H21NO2.C10H21NO2.C9H19NO.C8H17NO.2C7H15NO2.C6H13NO2.C6H13NO.C5H11NO/c1-6-8(2)10(14)12-11(4,5)7-9(3)13;1-4-6-7-13-8-11-10(12)9(3)5-2;1-6-7(2)8(11)10-9(3,4)5;1-5-7(4)8(10)9-6(2)3;1-4-6(2)7(9)8-5-10-3;1-3-6(2)7(10)8-4-5-9;1-3-5(2)6(9)7-4-8;1-4-6(2,3)5(7)8;1-3-4(2)5(6)7/h8H,6-7H2,1-5H3,(H,12,14);9H,4-8H2,1-3H3,(H,11,12);7H,6H2,1-5H3,(H,10,11);6-7H,5H2,1-4H3,(H,9,10);6H,4-5H2,1-3H3,(H,8,9);6,9H,3-5H2,1-2H3,(H,8,10);5,8H,3-4H2,1-2H3,(H,7,9);4H2,1-3H3,(H2,7,8);4H,3H2,1-2H3,(H2,6,7). The van der Waals surface area contributed by atoms with E-state index in [4.69, 9.17) is 26.4 Å². The van der Waals surface area contributed by atoms with Crippen LogP contribution < -0.4 is 48.7 Å². The Morgan fingerprint density at radius 3 is 1.05 bits per heavy atom. The van der Waals surface area contributed by atoms with Gasteiger partial charge in [0.1, 0.15) is 26.0 Å². The summed E-state index contributed by atoms with van der Waals surface area (Å²) in [6.45, 7) is 55.4. The van der Waals surface area contributed by atoms with Gasteiger partial charge >= 0.3 is 0 Å². The van der Waals surface area contributed by atoms with Crippen molar-refractivity contribution in [2.75, 3.05) is 47.1 Å². The van der Waals surface area contributed by atoms with Crippen LogP contribution in [0.4, 0.5) is 0 Å². The molecule has 0 fully saturated rings. The number of unbranched alkanes of at least 4 members (excludes halogenated alkanes) is 1. The van der Waals surface area contributed by atoms with Crippen molar-refractivity contribution in [3.05, 3.63) is 0 Å². The molecule has 0 aromatic heterocycles. The van der Waals surface area contributed by atoms with Gasteiger partial charge in [0.15, 0.2) is 0 Å². The van der Waals surface area contributed by atoms with Gasteiger partial charge in [-0.05, 0) is 120 Å². The molecule has 92 heavy (non-hydrogen) atoms. The van der Waals surface area contributed by atoms with Crippen molar-refractivity contribution >= 4 is 58.9 Å². The van der Waals surface area contributed by atoms with Gasteiger partial charge in [-0.15, -0.1) is 0 Å². The van der Waals surface area contributed by atoms with Crippen LogP contribution in [0, 0.1) is 52.8 Å². The van der Waals surface area contributed by atoms with E-state index in [1.807, 2.05) is 180 Å². The normalized spacial score (nSPS) is 13.0. The van der Waals surface area contributed by atoms with Gasteiger partial charge in [-0.1, -0.05) is 145 Å². The number of hydrogen-bond acceptors (Lipinski definition) is 14. The Balaban J connectivity index is -0.000000121. The highest BCUT2D eigenvalue weighted by Crippen LogP contribution is 2.17. The van der Waals surface area contributed by atoms with Gasteiger partial charge in [0.25, 0.3) is 0 Å². The number of methoxy groups -OCH3 is 1. The summed E-state index contributed by atoms with van der Waals surface area (Å²) in [7, 11) is 1.55. The number of aliphatic hydroxyl groups is 2. The van der Waals surface area contributed by atoms with Crippen LogP contribution in [0.2, 0.25) is 0 Å². The Bertz CT molecular complexity index is 1870. The molecule has 0 radical (unpaired) electrons. The molecule has 23 nitrogen and oxygen atoms in total. The van der Waals surface area contributed by atoms with E-state index < -0.39 is 5.54 Å². The number of carbonyl (C=O) groups excluding carboxylic acids is 10. The molecular formula is C69H145N9O14. The average Bonchev–Trinajstić information content (AvgIpc) is 1.77. The van der Waals surface area contributed by atoms with Crippen LogP contribution in [0.3, 0.4) is 0 Å². The van der Waals surface area contributed by atoms with Gasteiger partial charge < -0.3 is 68.4 Å². The highest BCUT2D eigenvalue weighted by atomic mass is 16.5. The summed E-state index contributed by atoms with van der Waals surface area (Å²) >= 11 is 0. The Morgan fingerprint density at radius 2 is 0.793 bits per heavy atom. The molecule has 8 atom stereocenters. The average molecular weight is 1320 g/mol. The number of ketones is 1. The lowest BCUT2D eigenvalue weighted by molar-refractivity contribution is -0.128. The number of rotatable bonds is 32. The number of Topliss-reactive ketones (excluding diaryl/α,β-unsaturated/α-hetero) is 1. The van der Waals surface area contributed by atoms with E-state index in [-0.39, 0.29) is 137 Å². The lowest BCUT2D eigenvalue weighted by Gasteiger charge is -2.26. The first-order valence-electron chi connectivity index (χ1n) is 33.7. The Kier molecular flexibility index (Phi) is 75.4. The van der Waals surface area contributed by atoms with Crippen LogP contribution in [0.1, 0.15) is 271 Å². The maximum absolute atomic E-state index is 11.5. The molecule has 0 aliphatic heterocycles. The third-order valence-electron chi connectivity index (χ3n) is 14.2. The molecule has 0 saturated heterocycles. The summed E-state index contributed by atoms with van der Waals surface area (Å²) in [5.74, 6) is 0.699. The van der Waals surface area contributed by atoms with Crippen LogP contribution in [-0.2, 0) is 57.4 Å². The molecule has 0 spiro atoms. The summed E-state index contributed by atoms with van der Waals surface area (Å²) in [6.07, 6.45) is 10.3. The van der Waals surface area contributed by atoms with Crippen LogP contribution in [0.25, 0.3) is 0 Å². The number of carbonyl (C=O) groups is 10. The van der Waals surface area contributed by atoms with Gasteiger partial charge in [-0.25, -0.2) is 0 Å². The molecule has 13 N–H and O–H groups in total. The summed E-state index contributed by atoms with van der Waals surface area (Å²) in [4.78, 5) is 109. The van der Waals surface area contributed by atoms with E-state index in [1.54, 1.807) is 7.11 Å². The lowest BCUT2D eigenvalue weighted by Crippen LogP contribution is -2.46. The highest BCUT2D eigenvalue weighted by Gasteiger charge is 2.25. The zero-order valence-corrected chi connectivity index (χ0v) is 63.9. The van der Waals surface area contributed by atoms with Crippen molar-refractivity contribution in [3.63, 3.8) is 0 Å². The number of primary amides is 2. The van der Waals surface area contributed by atoms with Crippen molar-refractivity contribution in [2.24, 2.45) is 64.2 Å². The van der Waals surface area contributed by atoms with Gasteiger partial charge in [0, 0.05) is 96.6 Å². The lowest BCUT2D eigenvalue weighted by atomic mass is 9.90. The number of amides is 9. The topological polar surface area (TPSA) is 366 Å². The van der Waals surface area contributed by atoms with Crippen LogP contribution in [0.15, 0.2) is 0 Å². The van der Waals surface area contributed by atoms with Crippen molar-refractivity contribution in [1.82, 2.24) is 37.2 Å². The van der Waals surface area contributed by atoms with Crippen molar-refractivity contribution in [3.8, 4) is 0 Å². The van der Waals surface area contributed by atoms with Gasteiger partial charge in [-0.2, -0.15) is 0 Å². The van der Waals surface area contributed by atoms with Crippen LogP contribution in [-0.4, -0.2) is 133 Å². The monoisotopic (exact) mass is 1320 g/mol. The fourth-order valence-electron chi connectivity index (χ4n) is 5.25. The smallest absolute Gasteiger partial charge is 0.224 e. The zero-order chi connectivity index (χ0) is 74.6. The maximum Gasteiger partial charge on any atom is 0.224 e. The third kappa shape index (κ3) is 75.5. The molecule has 0 heterocycles. The second-order valence-electron chi connectivity index (χ2n) is 25.8. The summed E-state index contributed by atoms with van der Waals surface area (Å²) in [5.41, 5.74) is 9.11. The predicted octanol–water partition coefficient (Wildman–Crippen LogP) is 9.75. The zero-order valence-electron chi connectivity index (χ0n) is 63.9. The molecule has 0 rings (SSSR count). The maximum atomic E-state index is 11.5. The van der Waals surface area contributed by atoms with E-state index in [9.17, 15) is 47.9 Å². The Morgan fingerprint density at radius 1 is 0.457 bits per heavy atom. The molecule has 0 saturated carbocycles. The van der Waals surface area contributed by atoms with Crippen LogP contribution in [0.5, 0.6) is 0 Å². The first-order chi connectivity index (χ1) is 42.3. The Labute approximate surface area is 561 Å². The second-order valence-corrected chi connectivity index (χ2v) is 25.8. The number of nitrogens with one attached hydrogen (secondary N) is 7. The molecule has 0 aliphatic rings. The SMILES string of the molecule is CCC(C)(C)C(N)=O.CCC(C)C(=O)NC(C)(C)C.CCC(C)C(=O)NC(C)(C)CC(C)=O.CCC(C)C(=O)NC(C)C.CCC(C)C(=O)NCCO.CCC(C)C(=O)NCO.CCC(C)C(=O)NCOC.CCC(C)C(N)=O.CCCCOCNC(=O)C(C)CC. The van der Waals surface area contributed by atoms with E-state index >= 15 is 0 Å². The molecule has 9 amide bonds.